The van der Waals surface area contributed by atoms with Gasteiger partial charge in [0.25, 0.3) is 0 Å². The van der Waals surface area contributed by atoms with Gasteiger partial charge in [0.2, 0.25) is 0 Å². The van der Waals surface area contributed by atoms with E-state index in [4.69, 9.17) is 0 Å². The summed E-state index contributed by atoms with van der Waals surface area (Å²) in [5, 5.41) is 3.57. The minimum absolute atomic E-state index is 0.354. The molecule has 19 heavy (non-hydrogen) atoms. The maximum atomic E-state index is 3.57. The van der Waals surface area contributed by atoms with Crippen LogP contribution in [0.4, 0.5) is 0 Å². The molecule has 1 nitrogen and oxygen atoms in total. The van der Waals surface area contributed by atoms with Gasteiger partial charge < -0.3 is 5.32 Å². The molecule has 1 N–H and O–H groups in total. The molecule has 0 spiro atoms. The molecular weight excluding hydrogens is 230 g/mol. The van der Waals surface area contributed by atoms with Crippen LogP contribution in [0.1, 0.15) is 67.7 Å². The molecule has 0 amide bonds. The van der Waals surface area contributed by atoms with E-state index in [0.717, 1.165) is 19.0 Å². The molecule has 0 rings (SSSR count). The second kappa shape index (κ2) is 9.36. The first-order chi connectivity index (χ1) is 8.73. The molecule has 1 heteroatoms. The molecule has 0 bridgehead atoms. The summed E-state index contributed by atoms with van der Waals surface area (Å²) in [7, 11) is 0. The third-order valence-electron chi connectivity index (χ3n) is 3.25. The molecule has 0 aliphatic carbocycles. The first-order valence-corrected chi connectivity index (χ1v) is 7.72. The number of allylic oxidation sites excluding steroid dienone is 4. The molecule has 0 atom stereocenters. The van der Waals surface area contributed by atoms with Crippen LogP contribution in [0.15, 0.2) is 23.3 Å². The van der Waals surface area contributed by atoms with Gasteiger partial charge in [-0.15, -0.1) is 0 Å². The highest BCUT2D eigenvalue weighted by Gasteiger charge is 2.15. The predicted octanol–water partition coefficient (Wildman–Crippen LogP) is 5.34. The van der Waals surface area contributed by atoms with Crippen molar-refractivity contribution in [3.05, 3.63) is 23.3 Å². The van der Waals surface area contributed by atoms with Crippen LogP contribution in [-0.2, 0) is 0 Å². The standard InChI is InChI=1S/C18H35N/c1-15(2)9-8-10-17(5)11-12-18(6,7)14-19-13-16(3)4/h9,11,16,19H,8,10,12-14H2,1-7H3/b17-11-. The molecule has 0 fully saturated rings. The zero-order chi connectivity index (χ0) is 14.9. The van der Waals surface area contributed by atoms with Crippen molar-refractivity contribution in [2.45, 2.75) is 67.7 Å². The van der Waals surface area contributed by atoms with Crippen molar-refractivity contribution in [3.8, 4) is 0 Å². The fraction of sp³-hybridized carbons (Fsp3) is 0.778. The fourth-order valence-corrected chi connectivity index (χ4v) is 1.91. The minimum Gasteiger partial charge on any atom is -0.316 e. The van der Waals surface area contributed by atoms with Crippen LogP contribution in [-0.4, -0.2) is 13.1 Å². The van der Waals surface area contributed by atoms with Crippen molar-refractivity contribution in [2.75, 3.05) is 13.1 Å². The van der Waals surface area contributed by atoms with Gasteiger partial charge in [-0.25, -0.2) is 0 Å². The van der Waals surface area contributed by atoms with E-state index in [1.165, 1.54) is 30.4 Å². The molecule has 0 radical (unpaired) electrons. The Bertz CT molecular complexity index is 291. The zero-order valence-corrected chi connectivity index (χ0v) is 14.3. The Morgan fingerprint density at radius 2 is 1.74 bits per heavy atom. The van der Waals surface area contributed by atoms with Gasteiger partial charge in [0.1, 0.15) is 0 Å². The Hall–Kier alpha value is -0.560. The smallest absolute Gasteiger partial charge is 0.000560 e. The van der Waals surface area contributed by atoms with Gasteiger partial charge >= 0.3 is 0 Å². The quantitative estimate of drug-likeness (QED) is 0.555. The highest BCUT2D eigenvalue weighted by atomic mass is 14.9. The van der Waals surface area contributed by atoms with E-state index < -0.39 is 0 Å². The summed E-state index contributed by atoms with van der Waals surface area (Å²) in [6, 6.07) is 0. The minimum atomic E-state index is 0.354. The topological polar surface area (TPSA) is 12.0 Å². The summed E-state index contributed by atoms with van der Waals surface area (Å²) in [5.41, 5.74) is 3.30. The lowest BCUT2D eigenvalue weighted by molar-refractivity contribution is 0.335. The second-order valence-corrected chi connectivity index (χ2v) is 7.26. The molecule has 0 aromatic carbocycles. The third kappa shape index (κ3) is 12.2. The summed E-state index contributed by atoms with van der Waals surface area (Å²) in [5.74, 6) is 0.733. The van der Waals surface area contributed by atoms with Gasteiger partial charge in [-0.2, -0.15) is 0 Å². The molecule has 112 valence electrons. The number of hydrogen-bond donors (Lipinski definition) is 1. The average Bonchev–Trinajstić information content (AvgIpc) is 2.25. The Morgan fingerprint density at radius 3 is 2.26 bits per heavy atom. The van der Waals surface area contributed by atoms with Crippen molar-refractivity contribution in [2.24, 2.45) is 11.3 Å². The van der Waals surface area contributed by atoms with Crippen molar-refractivity contribution in [3.63, 3.8) is 0 Å². The number of nitrogens with one attached hydrogen (secondary N) is 1. The van der Waals surface area contributed by atoms with Crippen molar-refractivity contribution < 1.29 is 0 Å². The SMILES string of the molecule is CC(C)=CCC/C(C)=C\CC(C)(C)CNCC(C)C. The summed E-state index contributed by atoms with van der Waals surface area (Å²) in [4.78, 5) is 0. The summed E-state index contributed by atoms with van der Waals surface area (Å²) < 4.78 is 0. The zero-order valence-electron chi connectivity index (χ0n) is 14.3. The maximum absolute atomic E-state index is 3.57. The van der Waals surface area contributed by atoms with E-state index in [9.17, 15) is 0 Å². The van der Waals surface area contributed by atoms with Gasteiger partial charge in [0, 0.05) is 6.54 Å². The molecule has 0 aliphatic heterocycles. The van der Waals surface area contributed by atoms with Gasteiger partial charge in [0.15, 0.2) is 0 Å². The molecule has 0 aromatic heterocycles. The Kier molecular flexibility index (Phi) is 9.08. The lowest BCUT2D eigenvalue weighted by Gasteiger charge is -2.24. The van der Waals surface area contributed by atoms with Crippen molar-refractivity contribution in [1.29, 1.82) is 0 Å². The normalized spacial score (nSPS) is 12.9. The first kappa shape index (κ1) is 18.4. The van der Waals surface area contributed by atoms with E-state index in [0.29, 0.717) is 5.41 Å². The summed E-state index contributed by atoms with van der Waals surface area (Å²) >= 11 is 0. The van der Waals surface area contributed by atoms with E-state index in [2.05, 4.69) is 65.9 Å². The van der Waals surface area contributed by atoms with Gasteiger partial charge in [-0.3, -0.25) is 0 Å². The monoisotopic (exact) mass is 265 g/mol. The largest absolute Gasteiger partial charge is 0.316 e. The van der Waals surface area contributed by atoms with E-state index in [1.807, 2.05) is 0 Å². The van der Waals surface area contributed by atoms with Crippen molar-refractivity contribution in [1.82, 2.24) is 5.32 Å². The first-order valence-electron chi connectivity index (χ1n) is 7.72. The van der Waals surface area contributed by atoms with Gasteiger partial charge in [-0.1, -0.05) is 51.0 Å². The maximum Gasteiger partial charge on any atom is 0.000560 e. The third-order valence-corrected chi connectivity index (χ3v) is 3.25. The Labute approximate surface area is 121 Å². The van der Waals surface area contributed by atoms with Crippen LogP contribution >= 0.6 is 0 Å². The van der Waals surface area contributed by atoms with Gasteiger partial charge in [0.05, 0.1) is 0 Å². The number of rotatable bonds is 9. The molecular formula is C18H35N. The Balaban J connectivity index is 4.01. The van der Waals surface area contributed by atoms with Crippen LogP contribution in [0.5, 0.6) is 0 Å². The molecule has 0 saturated carbocycles. The molecule has 0 saturated heterocycles. The van der Waals surface area contributed by atoms with Crippen molar-refractivity contribution >= 4 is 0 Å². The molecule has 0 unspecified atom stereocenters. The average molecular weight is 265 g/mol. The van der Waals surface area contributed by atoms with Crippen LogP contribution in [0.25, 0.3) is 0 Å². The Morgan fingerprint density at radius 1 is 1.11 bits per heavy atom. The molecule has 0 aliphatic rings. The van der Waals surface area contributed by atoms with Crippen LogP contribution in [0.2, 0.25) is 0 Å². The highest BCUT2D eigenvalue weighted by Crippen LogP contribution is 2.21. The van der Waals surface area contributed by atoms with E-state index in [-0.39, 0.29) is 0 Å². The lowest BCUT2D eigenvalue weighted by Crippen LogP contribution is -2.31. The predicted molar refractivity (Wildman–Crippen MR) is 88.5 cm³/mol. The lowest BCUT2D eigenvalue weighted by atomic mass is 9.88. The van der Waals surface area contributed by atoms with Crippen LogP contribution in [0, 0.1) is 11.3 Å². The second-order valence-electron chi connectivity index (χ2n) is 7.26. The molecule has 0 aromatic rings. The van der Waals surface area contributed by atoms with Crippen LogP contribution in [0.3, 0.4) is 0 Å². The molecule has 0 heterocycles. The van der Waals surface area contributed by atoms with E-state index >= 15 is 0 Å². The fourth-order valence-electron chi connectivity index (χ4n) is 1.91. The summed E-state index contributed by atoms with van der Waals surface area (Å²) in [6.07, 6.45) is 8.29. The van der Waals surface area contributed by atoms with E-state index in [1.54, 1.807) is 0 Å². The highest BCUT2D eigenvalue weighted by molar-refractivity contribution is 5.03. The van der Waals surface area contributed by atoms with Gasteiger partial charge in [-0.05, 0) is 57.9 Å². The number of hydrogen-bond acceptors (Lipinski definition) is 1. The van der Waals surface area contributed by atoms with Crippen LogP contribution < -0.4 is 5.32 Å². The summed E-state index contributed by atoms with van der Waals surface area (Å²) in [6.45, 7) is 18.0.